The predicted molar refractivity (Wildman–Crippen MR) is 97.6 cm³/mol. The number of phenols is 1. The topological polar surface area (TPSA) is 49.8 Å². The number of ether oxygens (including phenoxy) is 1. The summed E-state index contributed by atoms with van der Waals surface area (Å²) in [5, 5.41) is 10.3. The molecule has 1 unspecified atom stereocenters. The number of rotatable bonds is 6. The van der Waals surface area contributed by atoms with E-state index in [0.717, 1.165) is 12.8 Å². The van der Waals surface area contributed by atoms with E-state index < -0.39 is 5.82 Å². The molecule has 0 radical (unpaired) electrons. The van der Waals surface area contributed by atoms with Crippen molar-refractivity contribution in [3.05, 3.63) is 64.4 Å². The first kappa shape index (κ1) is 18.7. The van der Waals surface area contributed by atoms with Gasteiger partial charge in [-0.05, 0) is 31.0 Å². The Bertz CT molecular complexity index is 757. The van der Waals surface area contributed by atoms with Crippen LogP contribution in [0, 0.1) is 5.82 Å². The molecule has 1 amide bonds. The molecule has 1 aliphatic rings. The van der Waals surface area contributed by atoms with Crippen LogP contribution in [0.4, 0.5) is 4.39 Å². The predicted octanol–water partition coefficient (Wildman–Crippen LogP) is 3.94. The summed E-state index contributed by atoms with van der Waals surface area (Å²) in [4.78, 5) is 14.5. The Morgan fingerprint density at radius 3 is 2.77 bits per heavy atom. The first-order chi connectivity index (χ1) is 12.5. The van der Waals surface area contributed by atoms with Gasteiger partial charge < -0.3 is 14.7 Å². The minimum absolute atomic E-state index is 0.0408. The van der Waals surface area contributed by atoms with E-state index in [9.17, 15) is 14.3 Å². The van der Waals surface area contributed by atoms with Gasteiger partial charge in [-0.25, -0.2) is 4.39 Å². The highest BCUT2D eigenvalue weighted by molar-refractivity contribution is 6.31. The highest BCUT2D eigenvalue weighted by Gasteiger charge is 2.24. The molecule has 1 saturated heterocycles. The van der Waals surface area contributed by atoms with Crippen LogP contribution >= 0.6 is 11.6 Å². The third kappa shape index (κ3) is 4.54. The molecule has 0 bridgehead atoms. The molecule has 138 valence electrons. The van der Waals surface area contributed by atoms with Crippen LogP contribution in [0.1, 0.15) is 24.0 Å². The zero-order valence-corrected chi connectivity index (χ0v) is 15.1. The number of benzene rings is 2. The lowest BCUT2D eigenvalue weighted by molar-refractivity contribution is -0.132. The maximum Gasteiger partial charge on any atom is 0.227 e. The van der Waals surface area contributed by atoms with Crippen LogP contribution in [0.5, 0.6) is 5.75 Å². The van der Waals surface area contributed by atoms with Gasteiger partial charge in [-0.15, -0.1) is 0 Å². The highest BCUT2D eigenvalue weighted by atomic mass is 35.5. The van der Waals surface area contributed by atoms with E-state index in [1.165, 1.54) is 12.1 Å². The fourth-order valence-electron chi connectivity index (χ4n) is 3.10. The molecule has 1 N–H and O–H groups in total. The number of phenolic OH excluding ortho intramolecular Hbond substituents is 1. The van der Waals surface area contributed by atoms with E-state index >= 15 is 0 Å². The SMILES string of the molecule is O=C(Cc1c(F)cccc1Cl)N(Cc1ccccc1O)CC1CCCO1. The monoisotopic (exact) mass is 377 g/mol. The average Bonchev–Trinajstić information content (AvgIpc) is 3.12. The van der Waals surface area contributed by atoms with Crippen LogP contribution < -0.4 is 0 Å². The number of nitrogens with zero attached hydrogens (tertiary/aromatic N) is 1. The van der Waals surface area contributed by atoms with Crippen molar-refractivity contribution in [1.29, 1.82) is 0 Å². The number of aromatic hydroxyl groups is 1. The Kier molecular flexibility index (Phi) is 6.12. The van der Waals surface area contributed by atoms with Crippen molar-refractivity contribution in [3.63, 3.8) is 0 Å². The number of para-hydroxylation sites is 1. The fourth-order valence-corrected chi connectivity index (χ4v) is 3.33. The van der Waals surface area contributed by atoms with E-state index in [1.807, 2.05) is 0 Å². The molecule has 0 saturated carbocycles. The molecule has 1 fully saturated rings. The van der Waals surface area contributed by atoms with Crippen molar-refractivity contribution < 1.29 is 19.0 Å². The molecule has 4 nitrogen and oxygen atoms in total. The second-order valence-corrected chi connectivity index (χ2v) is 6.82. The minimum Gasteiger partial charge on any atom is -0.508 e. The van der Waals surface area contributed by atoms with Gasteiger partial charge in [0.25, 0.3) is 0 Å². The van der Waals surface area contributed by atoms with Gasteiger partial charge in [-0.1, -0.05) is 35.9 Å². The van der Waals surface area contributed by atoms with Gasteiger partial charge in [0.2, 0.25) is 5.91 Å². The molecule has 2 aromatic rings. The number of hydrogen-bond donors (Lipinski definition) is 1. The Morgan fingerprint density at radius 2 is 2.08 bits per heavy atom. The van der Waals surface area contributed by atoms with E-state index in [0.29, 0.717) is 18.7 Å². The largest absolute Gasteiger partial charge is 0.508 e. The molecule has 2 aromatic carbocycles. The standard InChI is InChI=1S/C20H21ClFNO3/c21-17-7-3-8-18(22)16(17)11-20(25)23(13-15-6-4-10-26-15)12-14-5-1-2-9-19(14)24/h1-3,5,7-9,15,24H,4,6,10-13H2. The minimum atomic E-state index is -0.495. The summed E-state index contributed by atoms with van der Waals surface area (Å²) < 4.78 is 19.7. The van der Waals surface area contributed by atoms with Crippen molar-refractivity contribution in [1.82, 2.24) is 4.90 Å². The maximum absolute atomic E-state index is 14.1. The molecule has 1 aliphatic heterocycles. The molecule has 6 heteroatoms. The molecule has 3 rings (SSSR count). The Labute approximate surface area is 157 Å². The molecule has 1 atom stereocenters. The Balaban J connectivity index is 1.79. The van der Waals surface area contributed by atoms with Gasteiger partial charge >= 0.3 is 0 Å². The smallest absolute Gasteiger partial charge is 0.227 e. The zero-order chi connectivity index (χ0) is 18.5. The van der Waals surface area contributed by atoms with Gasteiger partial charge in [-0.2, -0.15) is 0 Å². The first-order valence-electron chi connectivity index (χ1n) is 8.63. The maximum atomic E-state index is 14.1. The number of amides is 1. The molecule has 0 spiro atoms. The molecule has 0 aromatic heterocycles. The van der Waals surface area contributed by atoms with Crippen LogP contribution in [0.2, 0.25) is 5.02 Å². The van der Waals surface area contributed by atoms with E-state index in [1.54, 1.807) is 35.2 Å². The third-order valence-corrected chi connectivity index (χ3v) is 4.90. The fraction of sp³-hybridized carbons (Fsp3) is 0.350. The first-order valence-corrected chi connectivity index (χ1v) is 9.01. The van der Waals surface area contributed by atoms with Crippen LogP contribution in [0.15, 0.2) is 42.5 Å². The zero-order valence-electron chi connectivity index (χ0n) is 14.3. The second-order valence-electron chi connectivity index (χ2n) is 6.41. The Morgan fingerprint density at radius 1 is 1.27 bits per heavy atom. The summed E-state index contributed by atoms with van der Waals surface area (Å²) in [5.41, 5.74) is 0.826. The lowest BCUT2D eigenvalue weighted by Crippen LogP contribution is -2.38. The normalized spacial score (nSPS) is 16.6. The van der Waals surface area contributed by atoms with Gasteiger partial charge in [0.15, 0.2) is 0 Å². The average molecular weight is 378 g/mol. The van der Waals surface area contributed by atoms with E-state index in [-0.39, 0.29) is 41.3 Å². The van der Waals surface area contributed by atoms with Crippen molar-refractivity contribution >= 4 is 17.5 Å². The third-order valence-electron chi connectivity index (χ3n) is 4.54. The summed E-state index contributed by atoms with van der Waals surface area (Å²) in [6.45, 7) is 1.32. The van der Waals surface area contributed by atoms with Crippen LogP contribution in [0.25, 0.3) is 0 Å². The quantitative estimate of drug-likeness (QED) is 0.829. The summed E-state index contributed by atoms with van der Waals surface area (Å²) >= 11 is 6.06. The Hall–Kier alpha value is -2.11. The number of carbonyl (C=O) groups is 1. The van der Waals surface area contributed by atoms with E-state index in [2.05, 4.69) is 0 Å². The van der Waals surface area contributed by atoms with Crippen molar-refractivity contribution in [2.75, 3.05) is 13.2 Å². The van der Waals surface area contributed by atoms with Crippen molar-refractivity contribution in [2.45, 2.75) is 31.9 Å². The highest BCUT2D eigenvalue weighted by Crippen LogP contribution is 2.23. The van der Waals surface area contributed by atoms with Crippen molar-refractivity contribution in [2.24, 2.45) is 0 Å². The van der Waals surface area contributed by atoms with Gasteiger partial charge in [0, 0.05) is 35.8 Å². The number of hydrogen-bond acceptors (Lipinski definition) is 3. The molecular weight excluding hydrogens is 357 g/mol. The van der Waals surface area contributed by atoms with Gasteiger partial charge in [-0.3, -0.25) is 4.79 Å². The molecule has 1 heterocycles. The summed E-state index contributed by atoms with van der Waals surface area (Å²) in [5.74, 6) is -0.622. The van der Waals surface area contributed by atoms with Crippen LogP contribution in [0.3, 0.4) is 0 Å². The molecule has 0 aliphatic carbocycles. The lowest BCUT2D eigenvalue weighted by Gasteiger charge is -2.26. The number of carbonyl (C=O) groups excluding carboxylic acids is 1. The molecular formula is C20H21ClFNO3. The number of halogens is 2. The summed E-state index contributed by atoms with van der Waals surface area (Å²) in [6, 6.07) is 11.3. The van der Waals surface area contributed by atoms with Crippen LogP contribution in [-0.2, 0) is 22.5 Å². The van der Waals surface area contributed by atoms with Gasteiger partial charge in [0.1, 0.15) is 11.6 Å². The second kappa shape index (κ2) is 8.52. The molecule has 26 heavy (non-hydrogen) atoms. The van der Waals surface area contributed by atoms with E-state index in [4.69, 9.17) is 16.3 Å². The lowest BCUT2D eigenvalue weighted by atomic mass is 10.1. The van der Waals surface area contributed by atoms with Crippen LogP contribution in [-0.4, -0.2) is 35.2 Å². The van der Waals surface area contributed by atoms with Gasteiger partial charge in [0.05, 0.1) is 12.5 Å². The van der Waals surface area contributed by atoms with Crippen molar-refractivity contribution in [3.8, 4) is 5.75 Å². The summed E-state index contributed by atoms with van der Waals surface area (Å²) in [7, 11) is 0. The summed E-state index contributed by atoms with van der Waals surface area (Å²) in [6.07, 6.45) is 1.67.